The number of amides is 2. The van der Waals surface area contributed by atoms with Gasteiger partial charge in [-0.05, 0) is 42.0 Å². The molecule has 0 saturated carbocycles. The maximum absolute atomic E-state index is 13.4. The third-order valence-corrected chi connectivity index (χ3v) is 5.54. The summed E-state index contributed by atoms with van der Waals surface area (Å²) in [7, 11) is 1.74. The SMILES string of the molecule is CN(Cc1ccccc1)C1=C(c2ccc(Cl)cc2Cl)C(=O)N(c2ccc(F)cc2)C1=O. The Labute approximate surface area is 189 Å². The van der Waals surface area contributed by atoms with Crippen molar-refractivity contribution in [1.29, 1.82) is 0 Å². The largest absolute Gasteiger partial charge is 0.365 e. The van der Waals surface area contributed by atoms with E-state index in [0.717, 1.165) is 10.5 Å². The van der Waals surface area contributed by atoms with E-state index >= 15 is 0 Å². The molecule has 0 aliphatic carbocycles. The van der Waals surface area contributed by atoms with Gasteiger partial charge in [-0.2, -0.15) is 0 Å². The van der Waals surface area contributed by atoms with Crippen LogP contribution in [0, 0.1) is 5.82 Å². The van der Waals surface area contributed by atoms with Crippen molar-refractivity contribution in [1.82, 2.24) is 4.90 Å². The standard InChI is InChI=1S/C24H17Cl2FN2O2/c1-28(14-15-5-3-2-4-6-15)22-21(19-12-7-16(25)13-20(19)26)23(30)29(24(22)31)18-10-8-17(27)9-11-18/h2-13H,14H2,1H3. The van der Waals surface area contributed by atoms with Gasteiger partial charge in [-0.1, -0.05) is 59.6 Å². The number of rotatable bonds is 5. The van der Waals surface area contributed by atoms with Crippen LogP contribution in [0.5, 0.6) is 0 Å². The Balaban J connectivity index is 1.83. The summed E-state index contributed by atoms with van der Waals surface area (Å²) in [6.07, 6.45) is 0. The Kier molecular flexibility index (Phi) is 5.81. The van der Waals surface area contributed by atoms with Crippen molar-refractivity contribution >= 4 is 46.3 Å². The van der Waals surface area contributed by atoms with Gasteiger partial charge < -0.3 is 4.90 Å². The predicted molar refractivity (Wildman–Crippen MR) is 120 cm³/mol. The average Bonchev–Trinajstić information content (AvgIpc) is 3.00. The van der Waals surface area contributed by atoms with Crippen molar-refractivity contribution in [3.05, 3.63) is 105 Å². The van der Waals surface area contributed by atoms with Crippen LogP contribution in [-0.4, -0.2) is 23.8 Å². The molecule has 1 aliphatic heterocycles. The molecular formula is C24H17Cl2FN2O2. The number of carbonyl (C=O) groups is 2. The summed E-state index contributed by atoms with van der Waals surface area (Å²) in [5.74, 6) is -1.50. The fourth-order valence-electron chi connectivity index (χ4n) is 3.57. The molecule has 0 bridgehead atoms. The van der Waals surface area contributed by atoms with E-state index in [1.165, 1.54) is 30.3 Å². The van der Waals surface area contributed by atoms with Gasteiger partial charge in [0, 0.05) is 24.2 Å². The summed E-state index contributed by atoms with van der Waals surface area (Å²) in [6, 6.07) is 19.5. The molecule has 0 atom stereocenters. The third-order valence-electron chi connectivity index (χ3n) is 4.99. The summed E-state index contributed by atoms with van der Waals surface area (Å²) in [6.45, 7) is 0.404. The lowest BCUT2D eigenvalue weighted by atomic mass is 10.0. The number of carbonyl (C=O) groups excluding carboxylic acids is 2. The number of hydrogen-bond donors (Lipinski definition) is 0. The number of halogens is 3. The highest BCUT2D eigenvalue weighted by atomic mass is 35.5. The van der Waals surface area contributed by atoms with Crippen LogP contribution in [0.1, 0.15) is 11.1 Å². The quantitative estimate of drug-likeness (QED) is 0.474. The summed E-state index contributed by atoms with van der Waals surface area (Å²) in [5, 5.41) is 0.677. The van der Waals surface area contributed by atoms with Gasteiger partial charge >= 0.3 is 0 Å². The molecule has 4 rings (SSSR count). The van der Waals surface area contributed by atoms with Gasteiger partial charge in [-0.3, -0.25) is 9.59 Å². The molecule has 3 aromatic rings. The van der Waals surface area contributed by atoms with Crippen LogP contribution in [0.25, 0.3) is 5.57 Å². The first-order chi connectivity index (χ1) is 14.9. The number of imide groups is 1. The molecule has 1 heterocycles. The Morgan fingerprint density at radius 3 is 2.23 bits per heavy atom. The van der Waals surface area contributed by atoms with Crippen LogP contribution < -0.4 is 4.90 Å². The fourth-order valence-corrected chi connectivity index (χ4v) is 4.07. The fraction of sp³-hybridized carbons (Fsp3) is 0.0833. The van der Waals surface area contributed by atoms with Crippen molar-refractivity contribution in [2.75, 3.05) is 11.9 Å². The molecule has 0 fully saturated rings. The summed E-state index contributed by atoms with van der Waals surface area (Å²) in [4.78, 5) is 29.6. The Morgan fingerprint density at radius 1 is 0.903 bits per heavy atom. The Morgan fingerprint density at radius 2 is 1.58 bits per heavy atom. The summed E-state index contributed by atoms with van der Waals surface area (Å²) >= 11 is 12.4. The maximum atomic E-state index is 13.4. The molecule has 3 aromatic carbocycles. The number of hydrogen-bond acceptors (Lipinski definition) is 3. The van der Waals surface area contributed by atoms with Crippen LogP contribution in [0.2, 0.25) is 10.0 Å². The van der Waals surface area contributed by atoms with E-state index in [4.69, 9.17) is 23.2 Å². The smallest absolute Gasteiger partial charge is 0.282 e. The molecule has 2 amide bonds. The average molecular weight is 455 g/mol. The highest BCUT2D eigenvalue weighted by molar-refractivity contribution is 6.47. The van der Waals surface area contributed by atoms with Gasteiger partial charge in [0.15, 0.2) is 0 Å². The molecule has 0 spiro atoms. The van der Waals surface area contributed by atoms with E-state index in [1.54, 1.807) is 24.1 Å². The van der Waals surface area contributed by atoms with Gasteiger partial charge in [0.05, 0.1) is 16.3 Å². The van der Waals surface area contributed by atoms with Crippen LogP contribution in [0.15, 0.2) is 78.5 Å². The number of anilines is 1. The van der Waals surface area contributed by atoms with E-state index in [9.17, 15) is 14.0 Å². The molecule has 0 saturated heterocycles. The third kappa shape index (κ3) is 4.07. The predicted octanol–water partition coefficient (Wildman–Crippen LogP) is 5.55. The van der Waals surface area contributed by atoms with E-state index in [2.05, 4.69) is 0 Å². The van der Waals surface area contributed by atoms with Gasteiger partial charge in [0.2, 0.25) is 0 Å². The normalized spacial score (nSPS) is 13.9. The van der Waals surface area contributed by atoms with E-state index in [-0.39, 0.29) is 22.0 Å². The van der Waals surface area contributed by atoms with Gasteiger partial charge in [0.25, 0.3) is 11.8 Å². The molecule has 31 heavy (non-hydrogen) atoms. The van der Waals surface area contributed by atoms with E-state index < -0.39 is 17.6 Å². The van der Waals surface area contributed by atoms with E-state index in [1.807, 2.05) is 30.3 Å². The number of benzene rings is 3. The first kappa shape index (κ1) is 21.1. The van der Waals surface area contributed by atoms with Crippen molar-refractivity contribution in [3.63, 3.8) is 0 Å². The van der Waals surface area contributed by atoms with Crippen molar-refractivity contribution in [3.8, 4) is 0 Å². The zero-order chi connectivity index (χ0) is 22.1. The summed E-state index contributed by atoms with van der Waals surface area (Å²) < 4.78 is 13.4. The number of nitrogens with zero attached hydrogens (tertiary/aromatic N) is 2. The van der Waals surface area contributed by atoms with Crippen LogP contribution in [-0.2, 0) is 16.1 Å². The lowest BCUT2D eigenvalue weighted by Crippen LogP contribution is -2.34. The first-order valence-corrected chi connectivity index (χ1v) is 10.2. The van der Waals surface area contributed by atoms with E-state index in [0.29, 0.717) is 17.1 Å². The second kappa shape index (κ2) is 8.53. The molecule has 0 N–H and O–H groups in total. The highest BCUT2D eigenvalue weighted by Crippen LogP contribution is 2.38. The lowest BCUT2D eigenvalue weighted by molar-refractivity contribution is -0.120. The molecule has 0 radical (unpaired) electrons. The van der Waals surface area contributed by atoms with Gasteiger partial charge in [0.1, 0.15) is 11.5 Å². The lowest BCUT2D eigenvalue weighted by Gasteiger charge is -2.21. The molecule has 1 aliphatic rings. The zero-order valence-corrected chi connectivity index (χ0v) is 18.0. The molecule has 156 valence electrons. The van der Waals surface area contributed by atoms with Gasteiger partial charge in [-0.25, -0.2) is 9.29 Å². The molecule has 0 aromatic heterocycles. The molecule has 4 nitrogen and oxygen atoms in total. The zero-order valence-electron chi connectivity index (χ0n) is 16.5. The summed E-state index contributed by atoms with van der Waals surface area (Å²) in [5.41, 5.74) is 2.04. The van der Waals surface area contributed by atoms with Crippen molar-refractivity contribution < 1.29 is 14.0 Å². The maximum Gasteiger partial charge on any atom is 0.282 e. The minimum absolute atomic E-state index is 0.175. The van der Waals surface area contributed by atoms with Crippen LogP contribution in [0.4, 0.5) is 10.1 Å². The molecule has 0 unspecified atom stereocenters. The highest BCUT2D eigenvalue weighted by Gasteiger charge is 2.42. The molecular weight excluding hydrogens is 438 g/mol. The Bertz CT molecular complexity index is 1190. The number of likely N-dealkylation sites (N-methyl/N-ethyl adjacent to an activating group) is 1. The second-order valence-corrected chi connectivity index (χ2v) is 7.96. The van der Waals surface area contributed by atoms with Crippen LogP contribution in [0.3, 0.4) is 0 Å². The monoisotopic (exact) mass is 454 g/mol. The van der Waals surface area contributed by atoms with Crippen LogP contribution >= 0.6 is 23.2 Å². The van der Waals surface area contributed by atoms with Gasteiger partial charge in [-0.15, -0.1) is 0 Å². The minimum Gasteiger partial charge on any atom is -0.365 e. The van der Waals surface area contributed by atoms with Crippen molar-refractivity contribution in [2.45, 2.75) is 6.54 Å². The Hall–Kier alpha value is -3.15. The minimum atomic E-state index is -0.532. The second-order valence-electron chi connectivity index (χ2n) is 7.11. The first-order valence-electron chi connectivity index (χ1n) is 9.46. The van der Waals surface area contributed by atoms with Crippen molar-refractivity contribution in [2.24, 2.45) is 0 Å². The molecule has 7 heteroatoms. The topological polar surface area (TPSA) is 40.6 Å².